The third kappa shape index (κ3) is 4.75. The number of primary amides is 1. The lowest BCUT2D eigenvalue weighted by Gasteiger charge is -2.09. The number of nitro groups is 1. The molecule has 0 aromatic heterocycles. The molecule has 1 rings (SSSR count). The number of benzene rings is 1. The van der Waals surface area contributed by atoms with Gasteiger partial charge < -0.3 is 16.2 Å². The van der Waals surface area contributed by atoms with Crippen LogP contribution in [-0.4, -0.2) is 28.5 Å². The van der Waals surface area contributed by atoms with Crippen molar-refractivity contribution in [1.82, 2.24) is 0 Å². The monoisotopic (exact) mass is 295 g/mol. The largest absolute Gasteiger partial charge is 0.481 e. The number of anilines is 1. The molecule has 1 unspecified atom stereocenters. The zero-order valence-electron chi connectivity index (χ0n) is 11.5. The SMILES string of the molecule is CC(CCCNc1ccc(C(N)=O)cc1[N+](=O)[O-])C(=O)O. The van der Waals surface area contributed by atoms with E-state index in [1.165, 1.54) is 12.1 Å². The average molecular weight is 295 g/mol. The van der Waals surface area contributed by atoms with Gasteiger partial charge in [0.15, 0.2) is 0 Å². The first-order valence-electron chi connectivity index (χ1n) is 6.38. The lowest BCUT2D eigenvalue weighted by Crippen LogP contribution is -2.13. The Morgan fingerprint density at radius 3 is 2.67 bits per heavy atom. The lowest BCUT2D eigenvalue weighted by molar-refractivity contribution is -0.384. The van der Waals surface area contributed by atoms with Crippen LogP contribution in [0.2, 0.25) is 0 Å². The molecule has 0 aliphatic rings. The van der Waals surface area contributed by atoms with Gasteiger partial charge in [-0.15, -0.1) is 0 Å². The van der Waals surface area contributed by atoms with Crippen molar-refractivity contribution >= 4 is 23.3 Å². The van der Waals surface area contributed by atoms with Gasteiger partial charge in [-0.3, -0.25) is 19.7 Å². The highest BCUT2D eigenvalue weighted by Gasteiger charge is 2.16. The van der Waals surface area contributed by atoms with E-state index < -0.39 is 22.7 Å². The average Bonchev–Trinajstić information content (AvgIpc) is 2.42. The molecule has 8 nitrogen and oxygen atoms in total. The normalized spacial score (nSPS) is 11.7. The summed E-state index contributed by atoms with van der Waals surface area (Å²) in [5.74, 6) is -2.06. The van der Waals surface area contributed by atoms with Crippen molar-refractivity contribution in [2.24, 2.45) is 11.7 Å². The summed E-state index contributed by atoms with van der Waals surface area (Å²) in [5, 5.41) is 22.6. The highest BCUT2D eigenvalue weighted by molar-refractivity contribution is 5.94. The number of nitrogens with two attached hydrogens (primary N) is 1. The summed E-state index contributed by atoms with van der Waals surface area (Å²) in [6, 6.07) is 3.93. The maximum absolute atomic E-state index is 11.0. The van der Waals surface area contributed by atoms with E-state index in [1.807, 2.05) is 0 Å². The molecule has 1 aromatic rings. The molecule has 0 bridgehead atoms. The molecule has 0 fully saturated rings. The summed E-state index contributed by atoms with van der Waals surface area (Å²) in [7, 11) is 0. The van der Waals surface area contributed by atoms with Crippen LogP contribution in [0.4, 0.5) is 11.4 Å². The molecule has 114 valence electrons. The van der Waals surface area contributed by atoms with Crippen LogP contribution in [0.3, 0.4) is 0 Å². The highest BCUT2D eigenvalue weighted by atomic mass is 16.6. The number of nitro benzene ring substituents is 1. The molecule has 1 atom stereocenters. The number of aliphatic carboxylic acids is 1. The number of rotatable bonds is 8. The van der Waals surface area contributed by atoms with E-state index in [9.17, 15) is 19.7 Å². The maximum Gasteiger partial charge on any atom is 0.306 e. The molecule has 1 amide bonds. The molecule has 8 heteroatoms. The first-order valence-corrected chi connectivity index (χ1v) is 6.38. The number of carboxylic acid groups (broad SMARTS) is 1. The minimum absolute atomic E-state index is 0.0618. The number of carbonyl (C=O) groups is 2. The van der Waals surface area contributed by atoms with Crippen LogP contribution in [0.1, 0.15) is 30.1 Å². The quantitative estimate of drug-likeness (QED) is 0.378. The Labute approximate surface area is 121 Å². The molecule has 0 saturated carbocycles. The van der Waals surface area contributed by atoms with E-state index in [2.05, 4.69) is 5.32 Å². The summed E-state index contributed by atoms with van der Waals surface area (Å²) < 4.78 is 0. The van der Waals surface area contributed by atoms with Gasteiger partial charge in [-0.25, -0.2) is 0 Å². The van der Waals surface area contributed by atoms with E-state index in [0.29, 0.717) is 19.4 Å². The van der Waals surface area contributed by atoms with Crippen molar-refractivity contribution in [1.29, 1.82) is 0 Å². The van der Waals surface area contributed by atoms with Crippen molar-refractivity contribution in [3.8, 4) is 0 Å². The van der Waals surface area contributed by atoms with Gasteiger partial charge in [0, 0.05) is 18.2 Å². The number of hydrogen-bond acceptors (Lipinski definition) is 5. The van der Waals surface area contributed by atoms with Crippen LogP contribution in [0.5, 0.6) is 0 Å². The predicted molar refractivity (Wildman–Crippen MR) is 76.1 cm³/mol. The second-order valence-electron chi connectivity index (χ2n) is 4.66. The number of amides is 1. The van der Waals surface area contributed by atoms with Crippen molar-refractivity contribution in [3.05, 3.63) is 33.9 Å². The summed E-state index contributed by atoms with van der Waals surface area (Å²) >= 11 is 0. The standard InChI is InChI=1S/C13H17N3O5/c1-8(13(18)19)3-2-6-15-10-5-4-9(12(14)17)7-11(10)16(20)21/h4-5,7-8,15H,2-3,6H2,1H3,(H2,14,17)(H,18,19). The van der Waals surface area contributed by atoms with Gasteiger partial charge in [0.2, 0.25) is 5.91 Å². The molecule has 0 spiro atoms. The molecular weight excluding hydrogens is 278 g/mol. The zero-order chi connectivity index (χ0) is 16.0. The number of nitrogens with one attached hydrogen (secondary N) is 1. The number of nitrogens with zero attached hydrogens (tertiary/aromatic N) is 1. The molecule has 0 heterocycles. The minimum atomic E-state index is -0.869. The van der Waals surface area contributed by atoms with Crippen molar-refractivity contribution in [3.63, 3.8) is 0 Å². The van der Waals surface area contributed by atoms with Gasteiger partial charge in [0.25, 0.3) is 5.69 Å². The number of hydrogen-bond donors (Lipinski definition) is 3. The molecular formula is C13H17N3O5. The smallest absolute Gasteiger partial charge is 0.306 e. The van der Waals surface area contributed by atoms with E-state index in [1.54, 1.807) is 6.92 Å². The lowest BCUT2D eigenvalue weighted by atomic mass is 10.1. The fourth-order valence-corrected chi connectivity index (χ4v) is 1.74. The maximum atomic E-state index is 11.0. The van der Waals surface area contributed by atoms with Crippen molar-refractivity contribution < 1.29 is 19.6 Å². The minimum Gasteiger partial charge on any atom is -0.481 e. The summed E-state index contributed by atoms with van der Waals surface area (Å²) in [4.78, 5) is 32.0. The Balaban J connectivity index is 2.68. The van der Waals surface area contributed by atoms with Crippen LogP contribution in [0.25, 0.3) is 0 Å². The Hall–Kier alpha value is -2.64. The van der Waals surface area contributed by atoms with Gasteiger partial charge >= 0.3 is 5.97 Å². The van der Waals surface area contributed by atoms with Crippen LogP contribution in [0, 0.1) is 16.0 Å². The predicted octanol–water partition coefficient (Wildman–Crippen LogP) is 1.61. The molecule has 0 aliphatic heterocycles. The van der Waals surface area contributed by atoms with E-state index >= 15 is 0 Å². The third-order valence-corrected chi connectivity index (χ3v) is 3.03. The second-order valence-corrected chi connectivity index (χ2v) is 4.66. The fourth-order valence-electron chi connectivity index (χ4n) is 1.74. The van der Waals surface area contributed by atoms with Gasteiger partial charge in [-0.1, -0.05) is 6.92 Å². The van der Waals surface area contributed by atoms with Crippen molar-refractivity contribution in [2.45, 2.75) is 19.8 Å². The molecule has 4 N–H and O–H groups in total. The zero-order valence-corrected chi connectivity index (χ0v) is 11.5. The van der Waals surface area contributed by atoms with Crippen LogP contribution < -0.4 is 11.1 Å². The Morgan fingerprint density at radius 2 is 2.14 bits per heavy atom. The summed E-state index contributed by atoms with van der Waals surface area (Å²) in [5.41, 5.74) is 5.17. The second kappa shape index (κ2) is 7.22. The first-order chi connectivity index (χ1) is 9.82. The Kier molecular flexibility index (Phi) is 5.65. The fraction of sp³-hybridized carbons (Fsp3) is 0.385. The molecule has 0 saturated heterocycles. The molecule has 1 aromatic carbocycles. The van der Waals surface area contributed by atoms with Gasteiger partial charge in [0.1, 0.15) is 5.69 Å². The Morgan fingerprint density at radius 1 is 1.48 bits per heavy atom. The van der Waals surface area contributed by atoms with Crippen LogP contribution >= 0.6 is 0 Å². The van der Waals surface area contributed by atoms with Crippen molar-refractivity contribution in [2.75, 3.05) is 11.9 Å². The number of carboxylic acids is 1. The topological polar surface area (TPSA) is 136 Å². The molecule has 0 aliphatic carbocycles. The van der Waals surface area contributed by atoms with Gasteiger partial charge in [-0.05, 0) is 25.0 Å². The van der Waals surface area contributed by atoms with Gasteiger partial charge in [0.05, 0.1) is 10.8 Å². The van der Waals surface area contributed by atoms with E-state index in [-0.39, 0.29) is 16.9 Å². The number of carbonyl (C=O) groups excluding carboxylic acids is 1. The molecule has 21 heavy (non-hydrogen) atoms. The summed E-state index contributed by atoms with van der Waals surface area (Å²) in [6.07, 6.45) is 1.03. The third-order valence-electron chi connectivity index (χ3n) is 3.03. The molecule has 0 radical (unpaired) electrons. The summed E-state index contributed by atoms with van der Waals surface area (Å²) in [6.45, 7) is 2.00. The van der Waals surface area contributed by atoms with E-state index in [4.69, 9.17) is 10.8 Å². The highest BCUT2D eigenvalue weighted by Crippen LogP contribution is 2.25. The van der Waals surface area contributed by atoms with Crippen LogP contribution in [-0.2, 0) is 4.79 Å². The first kappa shape index (κ1) is 16.4. The Bertz CT molecular complexity index is 559. The van der Waals surface area contributed by atoms with E-state index in [0.717, 1.165) is 6.07 Å². The van der Waals surface area contributed by atoms with Gasteiger partial charge in [-0.2, -0.15) is 0 Å². The van der Waals surface area contributed by atoms with Crippen LogP contribution in [0.15, 0.2) is 18.2 Å².